The van der Waals surface area contributed by atoms with Gasteiger partial charge in [-0.2, -0.15) is 5.10 Å². The Morgan fingerprint density at radius 3 is 2.85 bits per heavy atom. The quantitative estimate of drug-likeness (QED) is 0.786. The molecule has 0 bridgehead atoms. The maximum atomic E-state index is 12.3. The smallest absolute Gasteiger partial charge is 0.336 e. The van der Waals surface area contributed by atoms with Gasteiger partial charge in [0.15, 0.2) is 6.10 Å². The molecule has 1 fully saturated rings. The average Bonchev–Trinajstić information content (AvgIpc) is 2.78. The number of methoxy groups -OCH3 is 1. The van der Waals surface area contributed by atoms with Gasteiger partial charge in [-0.05, 0) is 13.8 Å². The first-order valence-corrected chi connectivity index (χ1v) is 6.50. The van der Waals surface area contributed by atoms with Crippen molar-refractivity contribution in [2.75, 3.05) is 26.8 Å². The van der Waals surface area contributed by atoms with Crippen LogP contribution >= 0.6 is 0 Å². The fourth-order valence-corrected chi connectivity index (χ4v) is 2.25. The summed E-state index contributed by atoms with van der Waals surface area (Å²) < 4.78 is 9.95. The van der Waals surface area contributed by atoms with E-state index in [1.807, 2.05) is 13.8 Å². The number of carbonyl (C=O) groups is 2. The van der Waals surface area contributed by atoms with Crippen LogP contribution in [0.15, 0.2) is 0 Å². The number of morpholine rings is 1. The Labute approximate surface area is 117 Å². The summed E-state index contributed by atoms with van der Waals surface area (Å²) in [6.07, 6.45) is -0.411. The Hall–Kier alpha value is -1.89. The number of hydrogen-bond acceptors (Lipinski definition) is 5. The molecule has 0 aliphatic carbocycles. The molecule has 1 aromatic heterocycles. The summed E-state index contributed by atoms with van der Waals surface area (Å²) >= 11 is 0. The zero-order valence-corrected chi connectivity index (χ0v) is 11.9. The molecule has 0 radical (unpaired) electrons. The highest BCUT2D eigenvalue weighted by Gasteiger charge is 2.30. The second-order valence-electron chi connectivity index (χ2n) is 4.81. The van der Waals surface area contributed by atoms with Gasteiger partial charge in [0.25, 0.3) is 0 Å². The van der Waals surface area contributed by atoms with Crippen molar-refractivity contribution in [2.24, 2.45) is 0 Å². The molecular formula is C13H19N3O4. The predicted octanol–water partition coefficient (Wildman–Crippen LogP) is -0.0306. The fourth-order valence-electron chi connectivity index (χ4n) is 2.25. The number of aromatic nitrogens is 2. The summed E-state index contributed by atoms with van der Waals surface area (Å²) in [5.74, 6) is -0.479. The number of nitrogens with zero attached hydrogens (tertiary/aromatic N) is 2. The lowest BCUT2D eigenvalue weighted by Crippen LogP contribution is -2.49. The van der Waals surface area contributed by atoms with Crippen LogP contribution in [0.4, 0.5) is 0 Å². The lowest BCUT2D eigenvalue weighted by molar-refractivity contribution is -0.162. The summed E-state index contributed by atoms with van der Waals surface area (Å²) in [5, 5.41) is 6.94. The highest BCUT2D eigenvalue weighted by Crippen LogP contribution is 2.14. The minimum absolute atomic E-state index is 0.0326. The fraction of sp³-hybridized carbons (Fsp3) is 0.615. The monoisotopic (exact) mass is 281 g/mol. The van der Waals surface area contributed by atoms with Crippen LogP contribution < -0.4 is 0 Å². The van der Waals surface area contributed by atoms with Gasteiger partial charge >= 0.3 is 5.97 Å². The van der Waals surface area contributed by atoms with Crippen LogP contribution in [-0.2, 0) is 25.5 Å². The van der Waals surface area contributed by atoms with Gasteiger partial charge in [-0.1, -0.05) is 0 Å². The minimum atomic E-state index is -0.691. The van der Waals surface area contributed by atoms with Crippen molar-refractivity contribution in [3.8, 4) is 0 Å². The highest BCUT2D eigenvalue weighted by atomic mass is 16.6. The van der Waals surface area contributed by atoms with Gasteiger partial charge in [-0.3, -0.25) is 9.89 Å². The molecule has 20 heavy (non-hydrogen) atoms. The average molecular weight is 281 g/mol. The molecule has 1 atom stereocenters. The molecule has 1 aliphatic rings. The van der Waals surface area contributed by atoms with E-state index in [9.17, 15) is 9.59 Å². The van der Waals surface area contributed by atoms with E-state index in [-0.39, 0.29) is 18.9 Å². The molecule has 7 heteroatoms. The van der Waals surface area contributed by atoms with Gasteiger partial charge in [0.1, 0.15) is 0 Å². The van der Waals surface area contributed by atoms with Gasteiger partial charge in [0.2, 0.25) is 5.91 Å². The van der Waals surface area contributed by atoms with Gasteiger partial charge in [-0.25, -0.2) is 4.79 Å². The van der Waals surface area contributed by atoms with Crippen molar-refractivity contribution in [3.63, 3.8) is 0 Å². The van der Waals surface area contributed by atoms with E-state index in [0.29, 0.717) is 13.2 Å². The SMILES string of the molecule is COC(=O)C1CN(C(=O)Cc2c(C)n[nH]c2C)CCO1. The van der Waals surface area contributed by atoms with E-state index >= 15 is 0 Å². The number of amides is 1. The number of hydrogen-bond donors (Lipinski definition) is 1. The van der Waals surface area contributed by atoms with E-state index in [2.05, 4.69) is 14.9 Å². The van der Waals surface area contributed by atoms with Gasteiger partial charge in [0, 0.05) is 17.8 Å². The Kier molecular flexibility index (Phi) is 4.39. The zero-order chi connectivity index (χ0) is 14.7. The Balaban J connectivity index is 2.00. The minimum Gasteiger partial charge on any atom is -0.467 e. The van der Waals surface area contributed by atoms with Gasteiger partial charge in [-0.15, -0.1) is 0 Å². The second kappa shape index (κ2) is 6.04. The molecule has 1 amide bonds. The van der Waals surface area contributed by atoms with E-state index in [1.165, 1.54) is 7.11 Å². The number of H-pyrrole nitrogens is 1. The predicted molar refractivity (Wildman–Crippen MR) is 70.1 cm³/mol. The topological polar surface area (TPSA) is 84.5 Å². The number of rotatable bonds is 3. The van der Waals surface area contributed by atoms with Crippen LogP contribution in [0.2, 0.25) is 0 Å². The Morgan fingerprint density at radius 1 is 1.50 bits per heavy atom. The lowest BCUT2D eigenvalue weighted by atomic mass is 10.1. The largest absolute Gasteiger partial charge is 0.467 e. The van der Waals surface area contributed by atoms with E-state index in [1.54, 1.807) is 4.90 Å². The molecule has 1 unspecified atom stereocenters. The first-order valence-electron chi connectivity index (χ1n) is 6.50. The number of carbonyl (C=O) groups excluding carboxylic acids is 2. The van der Waals surface area contributed by atoms with Crippen molar-refractivity contribution < 1.29 is 19.1 Å². The summed E-state index contributed by atoms with van der Waals surface area (Å²) in [6.45, 7) is 4.82. The number of aromatic amines is 1. The third kappa shape index (κ3) is 2.98. The molecule has 1 aliphatic heterocycles. The van der Waals surface area contributed by atoms with E-state index < -0.39 is 12.1 Å². The Bertz CT molecular complexity index is 492. The number of esters is 1. The summed E-state index contributed by atoms with van der Waals surface area (Å²) in [5.41, 5.74) is 2.64. The molecule has 7 nitrogen and oxygen atoms in total. The number of nitrogens with one attached hydrogen (secondary N) is 1. The maximum Gasteiger partial charge on any atom is 0.336 e. The van der Waals surface area contributed by atoms with Crippen molar-refractivity contribution in [1.29, 1.82) is 0 Å². The molecule has 2 heterocycles. The van der Waals surface area contributed by atoms with Crippen LogP contribution in [0.3, 0.4) is 0 Å². The molecule has 1 N–H and O–H groups in total. The number of ether oxygens (including phenoxy) is 2. The number of aryl methyl sites for hydroxylation is 2. The molecule has 1 saturated heterocycles. The van der Waals surface area contributed by atoms with Crippen LogP contribution in [0.1, 0.15) is 17.0 Å². The Morgan fingerprint density at radius 2 is 2.25 bits per heavy atom. The van der Waals surface area contributed by atoms with E-state index in [4.69, 9.17) is 4.74 Å². The first kappa shape index (κ1) is 14.5. The van der Waals surface area contributed by atoms with Gasteiger partial charge in [0.05, 0.1) is 32.4 Å². The third-order valence-corrected chi connectivity index (χ3v) is 3.49. The van der Waals surface area contributed by atoms with Crippen molar-refractivity contribution in [1.82, 2.24) is 15.1 Å². The second-order valence-corrected chi connectivity index (χ2v) is 4.81. The lowest BCUT2D eigenvalue weighted by Gasteiger charge is -2.31. The van der Waals surface area contributed by atoms with Gasteiger partial charge < -0.3 is 14.4 Å². The van der Waals surface area contributed by atoms with Crippen molar-refractivity contribution >= 4 is 11.9 Å². The molecule has 0 spiro atoms. The molecular weight excluding hydrogens is 262 g/mol. The van der Waals surface area contributed by atoms with Crippen molar-refractivity contribution in [2.45, 2.75) is 26.4 Å². The summed E-state index contributed by atoms with van der Waals surface area (Å²) in [4.78, 5) is 25.4. The molecule has 2 rings (SSSR count). The normalized spacial score (nSPS) is 18.9. The van der Waals surface area contributed by atoms with Crippen molar-refractivity contribution in [3.05, 3.63) is 17.0 Å². The van der Waals surface area contributed by atoms with Crippen LogP contribution in [0.25, 0.3) is 0 Å². The van der Waals surface area contributed by atoms with Crippen LogP contribution in [0.5, 0.6) is 0 Å². The molecule has 1 aromatic rings. The molecule has 110 valence electrons. The van der Waals surface area contributed by atoms with Crippen LogP contribution in [0, 0.1) is 13.8 Å². The highest BCUT2D eigenvalue weighted by molar-refractivity contribution is 5.81. The van der Waals surface area contributed by atoms with E-state index in [0.717, 1.165) is 17.0 Å². The third-order valence-electron chi connectivity index (χ3n) is 3.49. The zero-order valence-electron chi connectivity index (χ0n) is 11.9. The first-order chi connectivity index (χ1) is 9.52. The summed E-state index contributed by atoms with van der Waals surface area (Å²) in [6, 6.07) is 0. The molecule has 0 aromatic carbocycles. The van der Waals surface area contributed by atoms with Crippen LogP contribution in [-0.4, -0.2) is 59.9 Å². The maximum absolute atomic E-state index is 12.3. The summed E-state index contributed by atoms with van der Waals surface area (Å²) in [7, 11) is 1.31. The molecule has 0 saturated carbocycles. The standard InChI is InChI=1S/C13H19N3O4/c1-8-10(9(2)15-14-8)6-12(17)16-4-5-20-11(7-16)13(18)19-3/h11H,4-7H2,1-3H3,(H,14,15).